The lowest BCUT2D eigenvalue weighted by Gasteiger charge is -2.16. The number of carbonyl (C=O) groups excluding carboxylic acids is 2. The first-order chi connectivity index (χ1) is 11.4. The predicted octanol–water partition coefficient (Wildman–Crippen LogP) is 3.50. The van der Waals surface area contributed by atoms with E-state index in [1.54, 1.807) is 31.2 Å². The Kier molecular flexibility index (Phi) is 5.58. The van der Waals surface area contributed by atoms with E-state index in [0.717, 1.165) is 11.1 Å². The molecule has 0 aliphatic heterocycles. The van der Waals surface area contributed by atoms with Crippen molar-refractivity contribution in [1.82, 2.24) is 0 Å². The van der Waals surface area contributed by atoms with Gasteiger partial charge in [-0.2, -0.15) is 0 Å². The minimum absolute atomic E-state index is 0.263. The Labute approximate surface area is 141 Å². The summed E-state index contributed by atoms with van der Waals surface area (Å²) < 4.78 is 10.4. The molecular weight excluding hydrogens is 306 g/mol. The highest BCUT2D eigenvalue weighted by atomic mass is 16.5. The minimum Gasteiger partial charge on any atom is -0.481 e. The van der Waals surface area contributed by atoms with Crippen molar-refractivity contribution in [3.8, 4) is 5.75 Å². The minimum atomic E-state index is -0.647. The summed E-state index contributed by atoms with van der Waals surface area (Å²) in [5.74, 6) is 0.00417. The largest absolute Gasteiger partial charge is 0.481 e. The third-order valence-corrected chi connectivity index (χ3v) is 3.58. The molecule has 24 heavy (non-hydrogen) atoms. The van der Waals surface area contributed by atoms with Crippen molar-refractivity contribution in [2.24, 2.45) is 0 Å². The van der Waals surface area contributed by atoms with Crippen LogP contribution >= 0.6 is 0 Å². The maximum absolute atomic E-state index is 12.2. The summed E-state index contributed by atoms with van der Waals surface area (Å²) in [7, 11) is 1.32. The van der Waals surface area contributed by atoms with Gasteiger partial charge in [-0.15, -0.1) is 0 Å². The highest BCUT2D eigenvalue weighted by Gasteiger charge is 2.16. The molecule has 5 nitrogen and oxygen atoms in total. The fourth-order valence-electron chi connectivity index (χ4n) is 2.23. The lowest BCUT2D eigenvalue weighted by molar-refractivity contribution is -0.122. The van der Waals surface area contributed by atoms with Crippen molar-refractivity contribution in [2.75, 3.05) is 12.4 Å². The maximum atomic E-state index is 12.2. The quantitative estimate of drug-likeness (QED) is 0.854. The van der Waals surface area contributed by atoms with Crippen LogP contribution in [-0.2, 0) is 9.53 Å². The van der Waals surface area contributed by atoms with Crippen LogP contribution in [0.2, 0.25) is 0 Å². The van der Waals surface area contributed by atoms with Gasteiger partial charge in [-0.05, 0) is 56.7 Å². The van der Waals surface area contributed by atoms with Crippen LogP contribution in [0.3, 0.4) is 0 Å². The molecule has 0 spiro atoms. The second kappa shape index (κ2) is 7.64. The Balaban J connectivity index is 1.99. The fraction of sp³-hybridized carbons (Fsp3) is 0.263. The van der Waals surface area contributed by atoms with E-state index in [1.165, 1.54) is 7.11 Å². The lowest BCUT2D eigenvalue weighted by atomic mass is 10.1. The molecule has 126 valence electrons. The molecule has 0 fully saturated rings. The molecule has 0 aliphatic rings. The van der Waals surface area contributed by atoms with Gasteiger partial charge in [0.1, 0.15) is 5.75 Å². The number of aryl methyl sites for hydroxylation is 2. The van der Waals surface area contributed by atoms with E-state index in [0.29, 0.717) is 17.0 Å². The Morgan fingerprint density at radius 1 is 1.04 bits per heavy atom. The number of rotatable bonds is 5. The molecule has 0 heterocycles. The van der Waals surface area contributed by atoms with Gasteiger partial charge in [0.15, 0.2) is 6.10 Å². The molecule has 0 unspecified atom stereocenters. The van der Waals surface area contributed by atoms with Gasteiger partial charge in [-0.25, -0.2) is 4.79 Å². The Bertz CT molecular complexity index is 738. The Morgan fingerprint density at radius 3 is 2.29 bits per heavy atom. The molecule has 1 atom stereocenters. The van der Waals surface area contributed by atoms with Gasteiger partial charge in [-0.3, -0.25) is 4.79 Å². The zero-order valence-electron chi connectivity index (χ0n) is 14.3. The average Bonchev–Trinajstić information content (AvgIpc) is 2.57. The first-order valence-corrected chi connectivity index (χ1v) is 7.64. The van der Waals surface area contributed by atoms with Crippen LogP contribution in [0.4, 0.5) is 5.69 Å². The summed E-state index contributed by atoms with van der Waals surface area (Å²) in [6.45, 7) is 5.64. The molecule has 5 heteroatoms. The van der Waals surface area contributed by atoms with Crippen molar-refractivity contribution in [3.63, 3.8) is 0 Å². The zero-order chi connectivity index (χ0) is 17.7. The van der Waals surface area contributed by atoms with Gasteiger partial charge in [0, 0.05) is 5.69 Å². The predicted molar refractivity (Wildman–Crippen MR) is 92.4 cm³/mol. The highest BCUT2D eigenvalue weighted by molar-refractivity contribution is 5.95. The number of methoxy groups -OCH3 is 1. The number of nitrogens with one attached hydrogen (secondary N) is 1. The summed E-state index contributed by atoms with van der Waals surface area (Å²) in [6.07, 6.45) is -0.647. The van der Waals surface area contributed by atoms with E-state index in [2.05, 4.69) is 10.1 Å². The molecule has 0 aromatic heterocycles. The molecule has 2 aromatic rings. The molecule has 0 saturated heterocycles. The SMILES string of the molecule is COC(=O)c1ccc(NC(=O)[C@@H](C)Oc2ccc(C)cc2C)cc1. The number of benzene rings is 2. The maximum Gasteiger partial charge on any atom is 0.337 e. The van der Waals surface area contributed by atoms with Crippen LogP contribution in [0.25, 0.3) is 0 Å². The van der Waals surface area contributed by atoms with Crippen LogP contribution in [-0.4, -0.2) is 25.1 Å². The van der Waals surface area contributed by atoms with E-state index in [-0.39, 0.29) is 5.91 Å². The number of anilines is 1. The number of hydrogen-bond acceptors (Lipinski definition) is 4. The van der Waals surface area contributed by atoms with Crippen molar-refractivity contribution in [3.05, 3.63) is 59.2 Å². The van der Waals surface area contributed by atoms with E-state index >= 15 is 0 Å². The van der Waals surface area contributed by atoms with Crippen molar-refractivity contribution in [2.45, 2.75) is 26.9 Å². The number of esters is 1. The average molecular weight is 327 g/mol. The molecule has 0 saturated carbocycles. The summed E-state index contributed by atoms with van der Waals surface area (Å²) >= 11 is 0. The standard InChI is InChI=1S/C19H21NO4/c1-12-5-10-17(13(2)11-12)24-14(3)18(21)20-16-8-6-15(7-9-16)19(22)23-4/h5-11,14H,1-4H3,(H,20,21)/t14-/m1/s1. The van der Waals surface area contributed by atoms with Crippen LogP contribution in [0.15, 0.2) is 42.5 Å². The number of carbonyl (C=O) groups is 2. The molecule has 0 aliphatic carbocycles. The van der Waals surface area contributed by atoms with Gasteiger partial charge in [0.05, 0.1) is 12.7 Å². The topological polar surface area (TPSA) is 64.6 Å². The molecular formula is C19H21NO4. The van der Waals surface area contributed by atoms with E-state index in [9.17, 15) is 9.59 Å². The first kappa shape index (κ1) is 17.5. The molecule has 1 amide bonds. The van der Waals surface area contributed by atoms with E-state index in [4.69, 9.17) is 4.74 Å². The second-order valence-electron chi connectivity index (χ2n) is 5.59. The molecule has 2 aromatic carbocycles. The highest BCUT2D eigenvalue weighted by Crippen LogP contribution is 2.20. The molecule has 2 rings (SSSR count). The van der Waals surface area contributed by atoms with Gasteiger partial charge in [-0.1, -0.05) is 17.7 Å². The van der Waals surface area contributed by atoms with E-state index < -0.39 is 12.1 Å². The van der Waals surface area contributed by atoms with Crippen molar-refractivity contribution in [1.29, 1.82) is 0 Å². The van der Waals surface area contributed by atoms with Gasteiger partial charge in [0.2, 0.25) is 0 Å². The summed E-state index contributed by atoms with van der Waals surface area (Å²) in [4.78, 5) is 23.6. The number of ether oxygens (including phenoxy) is 2. The molecule has 1 N–H and O–H groups in total. The van der Waals surface area contributed by atoms with Crippen molar-refractivity contribution < 1.29 is 19.1 Å². The second-order valence-corrected chi connectivity index (χ2v) is 5.59. The Morgan fingerprint density at radius 2 is 1.71 bits per heavy atom. The van der Waals surface area contributed by atoms with Gasteiger partial charge >= 0.3 is 5.97 Å². The molecule has 0 bridgehead atoms. The summed E-state index contributed by atoms with van der Waals surface area (Å²) in [5, 5.41) is 2.76. The monoisotopic (exact) mass is 327 g/mol. The third kappa shape index (κ3) is 4.35. The number of amides is 1. The van der Waals surface area contributed by atoms with Crippen LogP contribution in [0, 0.1) is 13.8 Å². The van der Waals surface area contributed by atoms with Crippen LogP contribution in [0.1, 0.15) is 28.4 Å². The fourth-order valence-corrected chi connectivity index (χ4v) is 2.23. The zero-order valence-corrected chi connectivity index (χ0v) is 14.3. The normalized spacial score (nSPS) is 11.5. The third-order valence-electron chi connectivity index (χ3n) is 3.58. The Hall–Kier alpha value is -2.82. The number of hydrogen-bond donors (Lipinski definition) is 1. The summed E-state index contributed by atoms with van der Waals surface area (Å²) in [6, 6.07) is 12.3. The van der Waals surface area contributed by atoms with Gasteiger partial charge in [0.25, 0.3) is 5.91 Å². The van der Waals surface area contributed by atoms with Crippen LogP contribution in [0.5, 0.6) is 5.75 Å². The summed E-state index contributed by atoms with van der Waals surface area (Å²) in [5.41, 5.74) is 3.14. The van der Waals surface area contributed by atoms with E-state index in [1.807, 2.05) is 32.0 Å². The lowest BCUT2D eigenvalue weighted by Crippen LogP contribution is -2.30. The first-order valence-electron chi connectivity index (χ1n) is 7.64. The van der Waals surface area contributed by atoms with Crippen molar-refractivity contribution >= 4 is 17.6 Å². The molecule has 0 radical (unpaired) electrons. The van der Waals surface area contributed by atoms with Crippen LogP contribution < -0.4 is 10.1 Å². The smallest absolute Gasteiger partial charge is 0.337 e. The van der Waals surface area contributed by atoms with Gasteiger partial charge < -0.3 is 14.8 Å².